The first-order valence-corrected chi connectivity index (χ1v) is 9.54. The minimum Gasteiger partial charge on any atom is -0.467 e. The number of fused-ring (bicyclic) bond motifs is 1. The van der Waals surface area contributed by atoms with Crippen molar-refractivity contribution in [1.82, 2.24) is 14.5 Å². The average molecular weight is 394 g/mol. The van der Waals surface area contributed by atoms with Crippen LogP contribution in [-0.2, 0) is 16.1 Å². The van der Waals surface area contributed by atoms with Gasteiger partial charge >= 0.3 is 0 Å². The molecule has 1 fully saturated rings. The van der Waals surface area contributed by atoms with Crippen LogP contribution in [0, 0.1) is 5.92 Å². The zero-order valence-electron chi connectivity index (χ0n) is 16.3. The maximum Gasteiger partial charge on any atom is 0.261 e. The summed E-state index contributed by atoms with van der Waals surface area (Å²) in [4.78, 5) is 43.5. The highest BCUT2D eigenvalue weighted by Gasteiger charge is 2.34. The molecular weight excluding hydrogens is 372 g/mol. The lowest BCUT2D eigenvalue weighted by Crippen LogP contribution is -2.28. The Morgan fingerprint density at radius 1 is 1.31 bits per heavy atom. The number of aromatic nitrogens is 2. The molecule has 4 rings (SSSR count). The van der Waals surface area contributed by atoms with E-state index in [2.05, 4.69) is 10.3 Å². The third-order valence-corrected chi connectivity index (χ3v) is 5.12. The highest BCUT2D eigenvalue weighted by Crippen LogP contribution is 2.23. The Labute approximate surface area is 167 Å². The van der Waals surface area contributed by atoms with Gasteiger partial charge in [-0.25, -0.2) is 4.98 Å². The Balaban J connectivity index is 1.49. The summed E-state index contributed by atoms with van der Waals surface area (Å²) in [5, 5.41) is 3.28. The van der Waals surface area contributed by atoms with Gasteiger partial charge in [-0.15, -0.1) is 0 Å². The normalized spacial score (nSPS) is 16.7. The number of furan rings is 1. The van der Waals surface area contributed by atoms with Crippen molar-refractivity contribution in [3.05, 3.63) is 59.0 Å². The monoisotopic (exact) mass is 394 g/mol. The molecule has 1 atom stereocenters. The van der Waals surface area contributed by atoms with Crippen molar-refractivity contribution in [2.24, 2.45) is 5.92 Å². The Bertz CT molecular complexity index is 1120. The molecule has 3 heterocycles. The molecule has 1 saturated heterocycles. The van der Waals surface area contributed by atoms with Gasteiger partial charge in [-0.2, -0.15) is 0 Å². The molecule has 8 nitrogen and oxygen atoms in total. The maximum absolute atomic E-state index is 12.7. The molecule has 2 amide bonds. The molecule has 1 aromatic carbocycles. The van der Waals surface area contributed by atoms with Crippen LogP contribution in [0.2, 0.25) is 0 Å². The molecule has 150 valence electrons. The van der Waals surface area contributed by atoms with Crippen LogP contribution in [0.25, 0.3) is 10.9 Å². The van der Waals surface area contributed by atoms with E-state index < -0.39 is 5.92 Å². The Morgan fingerprint density at radius 3 is 2.86 bits per heavy atom. The summed E-state index contributed by atoms with van der Waals surface area (Å²) in [5.74, 6) is -0.0888. The van der Waals surface area contributed by atoms with E-state index in [1.54, 1.807) is 46.1 Å². The van der Waals surface area contributed by atoms with E-state index >= 15 is 0 Å². The van der Waals surface area contributed by atoms with Gasteiger partial charge in [-0.1, -0.05) is 0 Å². The van der Waals surface area contributed by atoms with Crippen LogP contribution in [0.4, 0.5) is 5.69 Å². The zero-order valence-corrected chi connectivity index (χ0v) is 16.3. The number of carbonyl (C=O) groups excluding carboxylic acids is 2. The number of nitrogens with zero attached hydrogens (tertiary/aromatic N) is 3. The molecule has 2 aromatic heterocycles. The zero-order chi connectivity index (χ0) is 20.5. The van der Waals surface area contributed by atoms with Crippen molar-refractivity contribution < 1.29 is 14.0 Å². The van der Waals surface area contributed by atoms with Gasteiger partial charge in [0.1, 0.15) is 5.76 Å². The fraction of sp³-hybridized carbons (Fsp3) is 0.333. The largest absolute Gasteiger partial charge is 0.467 e. The second-order valence-electron chi connectivity index (χ2n) is 7.53. The molecule has 29 heavy (non-hydrogen) atoms. The Kier molecular flexibility index (Phi) is 4.92. The number of hydrogen-bond donors (Lipinski definition) is 1. The van der Waals surface area contributed by atoms with Crippen LogP contribution < -0.4 is 10.9 Å². The van der Waals surface area contributed by atoms with Gasteiger partial charge in [0.25, 0.3) is 5.56 Å². The quantitative estimate of drug-likeness (QED) is 0.717. The molecule has 8 heteroatoms. The first-order valence-electron chi connectivity index (χ1n) is 9.54. The van der Waals surface area contributed by atoms with Crippen molar-refractivity contribution in [3.63, 3.8) is 0 Å². The summed E-state index contributed by atoms with van der Waals surface area (Å²) in [6.45, 7) is 4.50. The van der Waals surface area contributed by atoms with Crippen molar-refractivity contribution in [1.29, 1.82) is 0 Å². The van der Waals surface area contributed by atoms with Crippen molar-refractivity contribution in [3.8, 4) is 0 Å². The van der Waals surface area contributed by atoms with Crippen LogP contribution in [0.3, 0.4) is 0 Å². The SMILES string of the molecule is CC(C)n1cnc2ccc(NC(=O)[C@@H]3CC(=O)N(Cc4ccco4)C3)cc2c1=O. The summed E-state index contributed by atoms with van der Waals surface area (Å²) in [5.41, 5.74) is 0.937. The lowest BCUT2D eigenvalue weighted by atomic mass is 10.1. The number of nitrogens with one attached hydrogen (secondary N) is 1. The minimum absolute atomic E-state index is 0.0118. The van der Waals surface area contributed by atoms with Gasteiger partial charge in [0.05, 0.1) is 36.0 Å². The highest BCUT2D eigenvalue weighted by atomic mass is 16.3. The van der Waals surface area contributed by atoms with Gasteiger partial charge in [0.15, 0.2) is 0 Å². The molecule has 0 saturated carbocycles. The summed E-state index contributed by atoms with van der Waals surface area (Å²) < 4.78 is 6.83. The van der Waals surface area contributed by atoms with Crippen LogP contribution >= 0.6 is 0 Å². The van der Waals surface area contributed by atoms with Gasteiger partial charge in [0.2, 0.25) is 11.8 Å². The minimum atomic E-state index is -0.450. The van der Waals surface area contributed by atoms with E-state index in [4.69, 9.17) is 4.42 Å². The van der Waals surface area contributed by atoms with Gasteiger partial charge in [0, 0.05) is 24.7 Å². The third kappa shape index (κ3) is 3.78. The maximum atomic E-state index is 12.7. The fourth-order valence-corrected chi connectivity index (χ4v) is 3.52. The Hall–Kier alpha value is -3.42. The molecular formula is C21H22N4O4. The number of anilines is 1. The van der Waals surface area contributed by atoms with Gasteiger partial charge in [-0.3, -0.25) is 19.0 Å². The van der Waals surface area contributed by atoms with Crippen molar-refractivity contribution in [2.75, 3.05) is 11.9 Å². The van der Waals surface area contributed by atoms with E-state index in [-0.39, 0.29) is 29.8 Å². The number of amides is 2. The van der Waals surface area contributed by atoms with E-state index in [9.17, 15) is 14.4 Å². The van der Waals surface area contributed by atoms with Crippen LogP contribution in [-0.4, -0.2) is 32.8 Å². The first-order chi connectivity index (χ1) is 13.9. The number of benzene rings is 1. The second-order valence-corrected chi connectivity index (χ2v) is 7.53. The van der Waals surface area contributed by atoms with E-state index in [0.717, 1.165) is 0 Å². The summed E-state index contributed by atoms with van der Waals surface area (Å²) >= 11 is 0. The molecule has 0 aliphatic carbocycles. The number of carbonyl (C=O) groups is 2. The lowest BCUT2D eigenvalue weighted by molar-refractivity contribution is -0.128. The molecule has 3 aromatic rings. The standard InChI is InChI=1S/C21H22N4O4/c1-13(2)25-12-22-18-6-5-15(9-17(18)21(25)28)23-20(27)14-8-19(26)24(10-14)11-16-4-3-7-29-16/h3-7,9,12-14H,8,10-11H2,1-2H3,(H,23,27)/t14-/m1/s1. The number of rotatable bonds is 5. The smallest absolute Gasteiger partial charge is 0.261 e. The van der Waals surface area contributed by atoms with E-state index in [0.29, 0.717) is 35.4 Å². The topological polar surface area (TPSA) is 97.4 Å². The number of hydrogen-bond acceptors (Lipinski definition) is 5. The van der Waals surface area contributed by atoms with E-state index in [1.165, 1.54) is 6.33 Å². The van der Waals surface area contributed by atoms with Crippen LogP contribution in [0.1, 0.15) is 32.1 Å². The number of likely N-dealkylation sites (tertiary alicyclic amines) is 1. The Morgan fingerprint density at radius 2 is 2.14 bits per heavy atom. The van der Waals surface area contributed by atoms with Crippen molar-refractivity contribution in [2.45, 2.75) is 32.9 Å². The van der Waals surface area contributed by atoms with Gasteiger partial charge < -0.3 is 14.6 Å². The molecule has 1 aliphatic heterocycles. The first kappa shape index (κ1) is 18.9. The predicted octanol–water partition coefficient (Wildman–Crippen LogP) is 2.56. The third-order valence-electron chi connectivity index (χ3n) is 5.12. The molecule has 0 bridgehead atoms. The molecule has 1 aliphatic rings. The average Bonchev–Trinajstić information content (AvgIpc) is 3.33. The highest BCUT2D eigenvalue weighted by molar-refractivity contribution is 5.98. The molecule has 0 radical (unpaired) electrons. The molecule has 1 N–H and O–H groups in total. The van der Waals surface area contributed by atoms with Crippen LogP contribution in [0.5, 0.6) is 0 Å². The van der Waals surface area contributed by atoms with Crippen LogP contribution in [0.15, 0.2) is 52.1 Å². The predicted molar refractivity (Wildman–Crippen MR) is 107 cm³/mol. The van der Waals surface area contributed by atoms with Gasteiger partial charge in [-0.05, 0) is 44.2 Å². The molecule has 0 spiro atoms. The fourth-order valence-electron chi connectivity index (χ4n) is 3.52. The summed E-state index contributed by atoms with van der Waals surface area (Å²) in [6, 6.07) is 8.61. The molecule has 0 unspecified atom stereocenters. The second kappa shape index (κ2) is 7.54. The van der Waals surface area contributed by atoms with Crippen molar-refractivity contribution >= 4 is 28.4 Å². The lowest BCUT2D eigenvalue weighted by Gasteiger charge is -2.15. The summed E-state index contributed by atoms with van der Waals surface area (Å²) in [7, 11) is 0. The van der Waals surface area contributed by atoms with E-state index in [1.807, 2.05) is 13.8 Å². The summed E-state index contributed by atoms with van der Waals surface area (Å²) in [6.07, 6.45) is 3.25.